The fraction of sp³-hybridized carbons (Fsp3) is 0.360. The van der Waals surface area contributed by atoms with E-state index in [2.05, 4.69) is 5.32 Å². The summed E-state index contributed by atoms with van der Waals surface area (Å²) in [5.74, 6) is -3.03. The van der Waals surface area contributed by atoms with Gasteiger partial charge in [-0.05, 0) is 42.5 Å². The molecular formula is C25H32N6O7. The summed E-state index contributed by atoms with van der Waals surface area (Å²) >= 11 is 0. The summed E-state index contributed by atoms with van der Waals surface area (Å²) in [5.41, 5.74) is 6.76. The number of aliphatic carboxylic acids is 1. The Bertz CT molecular complexity index is 1110. The van der Waals surface area contributed by atoms with Crippen LogP contribution in [0.25, 0.3) is 0 Å². The van der Waals surface area contributed by atoms with Gasteiger partial charge in [0.1, 0.15) is 17.8 Å². The highest BCUT2D eigenvalue weighted by Crippen LogP contribution is 2.14. The van der Waals surface area contributed by atoms with Crippen molar-refractivity contribution >= 4 is 23.7 Å². The molecule has 0 unspecified atom stereocenters. The molecule has 0 heterocycles. The summed E-state index contributed by atoms with van der Waals surface area (Å²) in [6, 6.07) is 13.0. The molecule has 204 valence electrons. The van der Waals surface area contributed by atoms with E-state index in [1.54, 1.807) is 42.5 Å². The van der Waals surface area contributed by atoms with Crippen molar-refractivity contribution in [1.82, 2.24) is 15.2 Å². The third-order valence-electron chi connectivity index (χ3n) is 5.95. The van der Waals surface area contributed by atoms with Crippen LogP contribution in [-0.4, -0.2) is 74.6 Å². The second-order valence-corrected chi connectivity index (χ2v) is 8.66. The molecule has 2 aromatic rings. The Balaban J connectivity index is 2.12. The number of hydrogen-bond acceptors (Lipinski definition) is 7. The van der Waals surface area contributed by atoms with Crippen LogP contribution in [0, 0.1) is 15.5 Å². The maximum absolute atomic E-state index is 13.3. The van der Waals surface area contributed by atoms with Crippen LogP contribution in [0.3, 0.4) is 0 Å². The van der Waals surface area contributed by atoms with E-state index < -0.39 is 35.0 Å². The molecule has 2 rings (SSSR count). The highest BCUT2D eigenvalue weighted by atomic mass is 16.7. The first-order valence-electron chi connectivity index (χ1n) is 11.9. The standard InChI is InChI=1S/C25H32N6O7/c1-29(22(33)14-11-17-9-12-19(32)13-10-17)21(16-18-6-3-2-4-7-18)23(34)28-20(24(35)36)8-5-15-30(25(26)27)31(37)38/h2-4,6-7,9-10,12-13,20-21,32H,5,8,11,14-16H2,1H3,(H3,26,27)(H,28,34)(H,35,36)/t20-,21-/m0/s1. The van der Waals surface area contributed by atoms with Gasteiger partial charge in [-0.15, -0.1) is 0 Å². The number of carbonyl (C=O) groups excluding carboxylic acids is 2. The van der Waals surface area contributed by atoms with Crippen LogP contribution < -0.4 is 11.1 Å². The lowest BCUT2D eigenvalue weighted by atomic mass is 10.0. The van der Waals surface area contributed by atoms with Gasteiger partial charge >= 0.3 is 5.97 Å². The van der Waals surface area contributed by atoms with Crippen molar-refractivity contribution in [3.63, 3.8) is 0 Å². The number of benzene rings is 2. The molecule has 0 bridgehead atoms. The maximum Gasteiger partial charge on any atom is 0.326 e. The first-order chi connectivity index (χ1) is 18.0. The maximum atomic E-state index is 13.3. The first-order valence-corrected chi connectivity index (χ1v) is 11.9. The SMILES string of the molecule is CN(C(=O)CCc1ccc(O)cc1)[C@@H](Cc1ccccc1)C(=O)N[C@@H](CCCN(C(=N)N)[N+](=O)[O-])C(=O)O. The quantitative estimate of drug-likeness (QED) is 0.103. The molecule has 2 atom stereocenters. The minimum absolute atomic E-state index is 0.0391. The van der Waals surface area contributed by atoms with Crippen molar-refractivity contribution in [2.24, 2.45) is 5.73 Å². The van der Waals surface area contributed by atoms with Crippen LogP contribution in [0.2, 0.25) is 0 Å². The normalized spacial score (nSPS) is 12.1. The molecule has 2 aromatic carbocycles. The molecular weight excluding hydrogens is 496 g/mol. The van der Waals surface area contributed by atoms with E-state index in [0.717, 1.165) is 11.1 Å². The Labute approximate surface area is 219 Å². The lowest BCUT2D eigenvalue weighted by Gasteiger charge is -2.29. The summed E-state index contributed by atoms with van der Waals surface area (Å²) in [6.07, 6.45) is 0.408. The molecule has 0 aliphatic heterocycles. The van der Waals surface area contributed by atoms with Crippen molar-refractivity contribution in [2.75, 3.05) is 13.6 Å². The van der Waals surface area contributed by atoms with Gasteiger partial charge in [0.2, 0.25) is 11.8 Å². The van der Waals surface area contributed by atoms with Gasteiger partial charge < -0.3 is 26.2 Å². The van der Waals surface area contributed by atoms with Crippen molar-refractivity contribution in [3.05, 3.63) is 75.8 Å². The Morgan fingerprint density at radius 1 is 1.11 bits per heavy atom. The number of nitrogens with one attached hydrogen (secondary N) is 2. The zero-order valence-corrected chi connectivity index (χ0v) is 20.9. The summed E-state index contributed by atoms with van der Waals surface area (Å²) < 4.78 is 0. The predicted octanol–water partition coefficient (Wildman–Crippen LogP) is 1.13. The molecule has 0 spiro atoms. The molecule has 13 heteroatoms. The molecule has 0 saturated heterocycles. The number of hydrazine groups is 1. The van der Waals surface area contributed by atoms with E-state index in [4.69, 9.17) is 11.1 Å². The number of carbonyl (C=O) groups is 3. The van der Waals surface area contributed by atoms with E-state index in [1.807, 2.05) is 0 Å². The van der Waals surface area contributed by atoms with Gasteiger partial charge in [-0.1, -0.05) is 47.5 Å². The smallest absolute Gasteiger partial charge is 0.326 e. The number of nitrogens with two attached hydrogens (primary N) is 1. The first kappa shape index (κ1) is 29.5. The summed E-state index contributed by atoms with van der Waals surface area (Å²) in [4.78, 5) is 50.3. The molecule has 2 amide bonds. The summed E-state index contributed by atoms with van der Waals surface area (Å²) in [7, 11) is 1.48. The fourth-order valence-corrected chi connectivity index (χ4v) is 3.77. The molecule has 0 fully saturated rings. The topological polar surface area (TPSA) is 203 Å². The largest absolute Gasteiger partial charge is 0.508 e. The number of phenols is 1. The van der Waals surface area contributed by atoms with Crippen LogP contribution in [0.15, 0.2) is 54.6 Å². The Kier molecular flexibility index (Phi) is 11.0. The lowest BCUT2D eigenvalue weighted by molar-refractivity contribution is -0.629. The molecule has 0 aliphatic rings. The third kappa shape index (κ3) is 9.08. The number of aryl methyl sites for hydroxylation is 1. The third-order valence-corrected chi connectivity index (χ3v) is 5.95. The van der Waals surface area contributed by atoms with Gasteiger partial charge in [0.05, 0.1) is 6.54 Å². The summed E-state index contributed by atoms with van der Waals surface area (Å²) in [5, 5.41) is 39.2. The predicted molar refractivity (Wildman–Crippen MR) is 138 cm³/mol. The van der Waals surface area contributed by atoms with Crippen LogP contribution in [-0.2, 0) is 27.2 Å². The Hall–Kier alpha value is -4.68. The fourth-order valence-electron chi connectivity index (χ4n) is 3.77. The van der Waals surface area contributed by atoms with Crippen molar-refractivity contribution in [3.8, 4) is 5.75 Å². The highest BCUT2D eigenvalue weighted by Gasteiger charge is 2.31. The molecule has 0 aliphatic carbocycles. The number of guanidine groups is 1. The van der Waals surface area contributed by atoms with Crippen LogP contribution >= 0.6 is 0 Å². The van der Waals surface area contributed by atoms with Gasteiger partial charge in [-0.2, -0.15) is 0 Å². The Morgan fingerprint density at radius 3 is 2.29 bits per heavy atom. The number of hydrogen-bond donors (Lipinski definition) is 5. The van der Waals surface area contributed by atoms with Gasteiger partial charge in [-0.25, -0.2) is 14.9 Å². The lowest BCUT2D eigenvalue weighted by Crippen LogP contribution is -2.53. The molecule has 0 saturated carbocycles. The Morgan fingerprint density at radius 2 is 1.74 bits per heavy atom. The monoisotopic (exact) mass is 528 g/mol. The number of carboxylic acids is 1. The number of nitrogens with zero attached hydrogens (tertiary/aromatic N) is 3. The van der Waals surface area contributed by atoms with E-state index >= 15 is 0 Å². The van der Waals surface area contributed by atoms with Gasteiger partial charge in [0, 0.05) is 19.9 Å². The molecule has 0 aromatic heterocycles. The van der Waals surface area contributed by atoms with E-state index in [1.165, 1.54) is 24.1 Å². The van der Waals surface area contributed by atoms with Crippen molar-refractivity contribution in [2.45, 2.75) is 44.2 Å². The average molecular weight is 529 g/mol. The average Bonchev–Trinajstić information content (AvgIpc) is 2.87. The second kappa shape index (κ2) is 14.2. The van der Waals surface area contributed by atoms with Gasteiger partial charge in [0.25, 0.3) is 5.96 Å². The minimum Gasteiger partial charge on any atom is -0.508 e. The van der Waals surface area contributed by atoms with E-state index in [-0.39, 0.29) is 43.9 Å². The summed E-state index contributed by atoms with van der Waals surface area (Å²) in [6.45, 7) is -0.314. The van der Waals surface area contributed by atoms with Gasteiger partial charge in [0.15, 0.2) is 5.03 Å². The van der Waals surface area contributed by atoms with Crippen molar-refractivity contribution in [1.29, 1.82) is 5.41 Å². The van der Waals surface area contributed by atoms with Crippen molar-refractivity contribution < 1.29 is 29.6 Å². The van der Waals surface area contributed by atoms with Crippen LogP contribution in [0.1, 0.15) is 30.4 Å². The van der Waals surface area contributed by atoms with Gasteiger partial charge in [-0.3, -0.25) is 15.0 Å². The molecule has 13 nitrogen and oxygen atoms in total. The number of amides is 2. The number of phenolic OH excluding ortho intramolecular Hbond substituents is 1. The van der Waals surface area contributed by atoms with E-state index in [9.17, 15) is 34.7 Å². The minimum atomic E-state index is -1.37. The molecule has 6 N–H and O–H groups in total. The number of aromatic hydroxyl groups is 1. The molecule has 0 radical (unpaired) electrons. The number of likely N-dealkylation sites (N-methyl/N-ethyl adjacent to an activating group) is 1. The van der Waals surface area contributed by atoms with E-state index in [0.29, 0.717) is 11.4 Å². The number of carboxylic acid groups (broad SMARTS) is 1. The van der Waals surface area contributed by atoms with Crippen LogP contribution in [0.4, 0.5) is 0 Å². The van der Waals surface area contributed by atoms with Crippen LogP contribution in [0.5, 0.6) is 5.75 Å². The second-order valence-electron chi connectivity index (χ2n) is 8.66. The number of nitro groups is 1. The zero-order valence-electron chi connectivity index (χ0n) is 20.9. The molecule has 38 heavy (non-hydrogen) atoms. The highest BCUT2D eigenvalue weighted by molar-refractivity contribution is 5.90. The number of rotatable bonds is 14. The zero-order chi connectivity index (χ0) is 28.2.